The third kappa shape index (κ3) is 4.26. The van der Waals surface area contributed by atoms with E-state index in [-0.39, 0.29) is 22.6 Å². The number of hydrogen-bond acceptors (Lipinski definition) is 4. The molecule has 1 saturated carbocycles. The minimum absolute atomic E-state index is 0.00999. The standard InChI is InChI=1S/C22H25BrN2O4S/c1-29-20-11-8-16(14-21(20)30(27,28)24-18-6-2-3-7-18)22(26)25-12-4-5-15-13-17(23)9-10-19(15)25/h8-11,13-14,18,24H,2-7,12H2,1H3. The number of halogens is 1. The minimum atomic E-state index is -3.79. The van der Waals surface area contributed by atoms with Crippen LogP contribution in [-0.4, -0.2) is 34.0 Å². The summed E-state index contributed by atoms with van der Waals surface area (Å²) in [6, 6.07) is 10.4. The zero-order valence-corrected chi connectivity index (χ0v) is 19.3. The number of sulfonamides is 1. The Morgan fingerprint density at radius 3 is 2.63 bits per heavy atom. The van der Waals surface area contributed by atoms with Crippen molar-refractivity contribution in [3.8, 4) is 5.75 Å². The number of anilines is 1. The van der Waals surface area contributed by atoms with Gasteiger partial charge in [-0.15, -0.1) is 0 Å². The molecule has 0 aromatic heterocycles. The monoisotopic (exact) mass is 492 g/mol. The first kappa shape index (κ1) is 21.3. The lowest BCUT2D eigenvalue weighted by molar-refractivity contribution is 0.0985. The lowest BCUT2D eigenvalue weighted by atomic mass is 10.0. The molecule has 0 saturated heterocycles. The van der Waals surface area contributed by atoms with Crippen LogP contribution in [0, 0.1) is 0 Å². The highest BCUT2D eigenvalue weighted by Crippen LogP contribution is 2.32. The van der Waals surface area contributed by atoms with Crippen molar-refractivity contribution in [2.24, 2.45) is 0 Å². The Morgan fingerprint density at radius 1 is 1.13 bits per heavy atom. The first-order valence-electron chi connectivity index (χ1n) is 10.2. The number of nitrogens with one attached hydrogen (secondary N) is 1. The van der Waals surface area contributed by atoms with Gasteiger partial charge in [0.2, 0.25) is 10.0 Å². The predicted molar refractivity (Wildman–Crippen MR) is 120 cm³/mol. The van der Waals surface area contributed by atoms with E-state index in [1.54, 1.807) is 17.0 Å². The van der Waals surface area contributed by atoms with Gasteiger partial charge in [-0.2, -0.15) is 0 Å². The number of carbonyl (C=O) groups is 1. The molecule has 1 N–H and O–H groups in total. The second-order valence-corrected chi connectivity index (χ2v) is 10.4. The van der Waals surface area contributed by atoms with Crippen molar-refractivity contribution in [3.05, 3.63) is 52.0 Å². The van der Waals surface area contributed by atoms with E-state index in [0.29, 0.717) is 12.1 Å². The van der Waals surface area contributed by atoms with Crippen molar-refractivity contribution in [3.63, 3.8) is 0 Å². The molecule has 2 aliphatic rings. The Bertz CT molecular complexity index is 1060. The largest absolute Gasteiger partial charge is 0.495 e. The minimum Gasteiger partial charge on any atom is -0.495 e. The van der Waals surface area contributed by atoms with Crippen LogP contribution in [0.5, 0.6) is 5.75 Å². The molecular weight excluding hydrogens is 468 g/mol. The van der Waals surface area contributed by atoms with Gasteiger partial charge in [-0.1, -0.05) is 28.8 Å². The number of rotatable bonds is 5. The lowest BCUT2D eigenvalue weighted by Crippen LogP contribution is -2.36. The topological polar surface area (TPSA) is 75.7 Å². The molecule has 160 valence electrons. The number of aryl methyl sites for hydroxylation is 1. The molecule has 0 spiro atoms. The van der Waals surface area contributed by atoms with Crippen LogP contribution in [0.25, 0.3) is 0 Å². The molecule has 1 aliphatic heterocycles. The van der Waals surface area contributed by atoms with Crippen molar-refractivity contribution in [2.75, 3.05) is 18.6 Å². The SMILES string of the molecule is COc1ccc(C(=O)N2CCCc3cc(Br)ccc32)cc1S(=O)(=O)NC1CCCC1. The molecular formula is C22H25BrN2O4S. The first-order valence-corrected chi connectivity index (χ1v) is 12.5. The van der Waals surface area contributed by atoms with Gasteiger partial charge >= 0.3 is 0 Å². The fourth-order valence-electron chi connectivity index (χ4n) is 4.28. The molecule has 0 atom stereocenters. The summed E-state index contributed by atoms with van der Waals surface area (Å²) in [5.74, 6) is 0.0262. The highest BCUT2D eigenvalue weighted by atomic mass is 79.9. The van der Waals surface area contributed by atoms with Crippen LogP contribution in [0.3, 0.4) is 0 Å². The molecule has 4 rings (SSSR count). The normalized spacial score (nSPS) is 17.1. The zero-order valence-electron chi connectivity index (χ0n) is 16.9. The molecule has 2 aromatic rings. The summed E-state index contributed by atoms with van der Waals surface area (Å²) >= 11 is 3.48. The number of carbonyl (C=O) groups excluding carboxylic acids is 1. The molecule has 0 unspecified atom stereocenters. The van der Waals surface area contributed by atoms with Crippen molar-refractivity contribution >= 4 is 37.5 Å². The van der Waals surface area contributed by atoms with Gasteiger partial charge in [0.1, 0.15) is 10.6 Å². The molecule has 2 aromatic carbocycles. The molecule has 1 fully saturated rings. The molecule has 8 heteroatoms. The van der Waals surface area contributed by atoms with E-state index in [1.807, 2.05) is 18.2 Å². The third-order valence-electron chi connectivity index (χ3n) is 5.78. The number of ether oxygens (including phenoxy) is 1. The van der Waals surface area contributed by atoms with Crippen molar-refractivity contribution < 1.29 is 17.9 Å². The average molecular weight is 493 g/mol. The first-order chi connectivity index (χ1) is 14.4. The van der Waals surface area contributed by atoms with Gasteiger partial charge in [0.15, 0.2) is 0 Å². The van der Waals surface area contributed by atoms with Crippen LogP contribution in [0.1, 0.15) is 48.0 Å². The molecule has 6 nitrogen and oxygen atoms in total. The number of benzene rings is 2. The van der Waals surface area contributed by atoms with Crippen LogP contribution in [0.4, 0.5) is 5.69 Å². The molecule has 1 heterocycles. The van der Waals surface area contributed by atoms with E-state index >= 15 is 0 Å². The molecule has 0 bridgehead atoms. The van der Waals surface area contributed by atoms with Gasteiger partial charge in [-0.3, -0.25) is 4.79 Å². The Labute approximate surface area is 185 Å². The van der Waals surface area contributed by atoms with Gasteiger partial charge in [0.05, 0.1) is 7.11 Å². The van der Waals surface area contributed by atoms with Crippen LogP contribution < -0.4 is 14.4 Å². The Hall–Kier alpha value is -1.90. The fraction of sp³-hybridized carbons (Fsp3) is 0.409. The molecule has 1 aliphatic carbocycles. The van der Waals surface area contributed by atoms with Crippen LogP contribution >= 0.6 is 15.9 Å². The van der Waals surface area contributed by atoms with E-state index < -0.39 is 10.0 Å². The number of hydrogen-bond donors (Lipinski definition) is 1. The maximum atomic E-state index is 13.3. The van der Waals surface area contributed by atoms with Crippen LogP contribution in [0.2, 0.25) is 0 Å². The Balaban J connectivity index is 1.67. The van der Waals surface area contributed by atoms with Crippen LogP contribution in [-0.2, 0) is 16.4 Å². The van der Waals surface area contributed by atoms with Crippen molar-refractivity contribution in [1.82, 2.24) is 4.72 Å². The maximum Gasteiger partial charge on any atom is 0.258 e. The fourth-order valence-corrected chi connectivity index (χ4v) is 6.19. The highest BCUT2D eigenvalue weighted by molar-refractivity contribution is 9.10. The summed E-state index contributed by atoms with van der Waals surface area (Å²) in [5.41, 5.74) is 2.31. The quantitative estimate of drug-likeness (QED) is 0.675. The van der Waals surface area contributed by atoms with E-state index in [4.69, 9.17) is 4.74 Å². The Morgan fingerprint density at radius 2 is 1.90 bits per heavy atom. The van der Waals surface area contributed by atoms with E-state index in [1.165, 1.54) is 13.2 Å². The number of nitrogens with zero attached hydrogens (tertiary/aromatic N) is 1. The summed E-state index contributed by atoms with van der Waals surface area (Å²) in [6.07, 6.45) is 5.48. The van der Waals surface area contributed by atoms with Crippen molar-refractivity contribution in [1.29, 1.82) is 0 Å². The highest BCUT2D eigenvalue weighted by Gasteiger charge is 2.29. The maximum absolute atomic E-state index is 13.3. The average Bonchev–Trinajstić information content (AvgIpc) is 3.24. The smallest absolute Gasteiger partial charge is 0.258 e. The Kier molecular flexibility index (Phi) is 6.18. The molecule has 30 heavy (non-hydrogen) atoms. The summed E-state index contributed by atoms with van der Waals surface area (Å²) in [4.78, 5) is 15.1. The summed E-state index contributed by atoms with van der Waals surface area (Å²) in [5, 5.41) is 0. The molecule has 0 radical (unpaired) electrons. The lowest BCUT2D eigenvalue weighted by Gasteiger charge is -2.30. The number of fused-ring (bicyclic) bond motifs is 1. The van der Waals surface area contributed by atoms with Gasteiger partial charge in [-0.25, -0.2) is 13.1 Å². The van der Waals surface area contributed by atoms with Gasteiger partial charge in [-0.05, 0) is 67.6 Å². The van der Waals surface area contributed by atoms with Gasteiger partial charge in [0, 0.05) is 28.3 Å². The second kappa shape index (κ2) is 8.69. The van der Waals surface area contributed by atoms with Crippen LogP contribution in [0.15, 0.2) is 45.8 Å². The summed E-state index contributed by atoms with van der Waals surface area (Å²) in [7, 11) is -2.36. The number of amides is 1. The summed E-state index contributed by atoms with van der Waals surface area (Å²) in [6.45, 7) is 0.599. The summed E-state index contributed by atoms with van der Waals surface area (Å²) < 4.78 is 35.1. The predicted octanol–water partition coefficient (Wildman–Crippen LogP) is 4.27. The molecule has 1 amide bonds. The van der Waals surface area contributed by atoms with Gasteiger partial charge in [0.25, 0.3) is 5.91 Å². The third-order valence-corrected chi connectivity index (χ3v) is 7.82. The zero-order chi connectivity index (χ0) is 21.3. The second-order valence-electron chi connectivity index (χ2n) is 7.80. The van der Waals surface area contributed by atoms with E-state index in [9.17, 15) is 13.2 Å². The number of methoxy groups -OCH3 is 1. The van der Waals surface area contributed by atoms with E-state index in [2.05, 4.69) is 20.7 Å². The van der Waals surface area contributed by atoms with E-state index in [0.717, 1.165) is 54.2 Å². The van der Waals surface area contributed by atoms with Crippen molar-refractivity contribution in [2.45, 2.75) is 49.5 Å². The van der Waals surface area contributed by atoms with Gasteiger partial charge < -0.3 is 9.64 Å².